The number of carbonyl (C=O) groups excluding carboxylic acids is 2. The van der Waals surface area contributed by atoms with Crippen LogP contribution in [0.4, 0.5) is 18.9 Å². The highest BCUT2D eigenvalue weighted by atomic mass is 35.5. The Morgan fingerprint density at radius 1 is 1.04 bits per heavy atom. The Bertz CT molecular complexity index is 867. The fourth-order valence-electron chi connectivity index (χ4n) is 2.58. The van der Waals surface area contributed by atoms with Gasteiger partial charge >= 0.3 is 5.97 Å². The predicted molar refractivity (Wildman–Crippen MR) is 88.3 cm³/mol. The van der Waals surface area contributed by atoms with Gasteiger partial charge in [-0.05, 0) is 42.7 Å². The Labute approximate surface area is 151 Å². The number of carbonyl (C=O) groups is 2. The summed E-state index contributed by atoms with van der Waals surface area (Å²) in [4.78, 5) is 24.1. The molecule has 1 aliphatic carbocycles. The van der Waals surface area contributed by atoms with E-state index in [-0.39, 0.29) is 0 Å². The van der Waals surface area contributed by atoms with Gasteiger partial charge in [0.15, 0.2) is 24.1 Å². The van der Waals surface area contributed by atoms with E-state index in [4.69, 9.17) is 16.3 Å². The molecule has 0 unspecified atom stereocenters. The number of hydrogen-bond acceptors (Lipinski definition) is 3. The van der Waals surface area contributed by atoms with E-state index in [2.05, 4.69) is 0 Å². The summed E-state index contributed by atoms with van der Waals surface area (Å²) in [5.41, 5.74) is -0.610. The summed E-state index contributed by atoms with van der Waals surface area (Å²) < 4.78 is 44.5. The summed E-state index contributed by atoms with van der Waals surface area (Å²) in [6.07, 6.45) is 1.15. The maximum absolute atomic E-state index is 13.5. The average molecular weight is 384 g/mol. The first-order valence-electron chi connectivity index (χ1n) is 7.70. The van der Waals surface area contributed by atoms with Gasteiger partial charge in [0.2, 0.25) is 0 Å². The molecule has 0 radical (unpaired) electrons. The molecule has 1 aliphatic rings. The van der Waals surface area contributed by atoms with Crippen LogP contribution in [0.3, 0.4) is 0 Å². The molecule has 3 rings (SSSR count). The van der Waals surface area contributed by atoms with E-state index in [0.29, 0.717) is 23.9 Å². The highest BCUT2D eigenvalue weighted by molar-refractivity contribution is 6.30. The monoisotopic (exact) mass is 383 g/mol. The molecule has 26 heavy (non-hydrogen) atoms. The van der Waals surface area contributed by atoms with E-state index in [1.54, 1.807) is 24.3 Å². The number of hydrogen-bond donors (Lipinski definition) is 1. The van der Waals surface area contributed by atoms with Crippen LogP contribution in [0.15, 0.2) is 36.4 Å². The number of rotatable bonds is 5. The van der Waals surface area contributed by atoms with Crippen molar-refractivity contribution in [3.05, 3.63) is 64.4 Å². The first-order valence-corrected chi connectivity index (χ1v) is 8.08. The van der Waals surface area contributed by atoms with E-state index in [1.165, 1.54) is 0 Å². The van der Waals surface area contributed by atoms with Gasteiger partial charge in [0.05, 0.1) is 11.1 Å². The summed E-state index contributed by atoms with van der Waals surface area (Å²) in [6.45, 7) is -0.674. The van der Waals surface area contributed by atoms with Crippen molar-refractivity contribution in [2.24, 2.45) is 0 Å². The zero-order valence-electron chi connectivity index (χ0n) is 13.3. The maximum atomic E-state index is 13.5. The lowest BCUT2D eigenvalue weighted by atomic mass is 9.96. The molecule has 1 N–H and O–H groups in total. The van der Waals surface area contributed by atoms with Crippen molar-refractivity contribution in [1.82, 2.24) is 0 Å². The van der Waals surface area contributed by atoms with Crippen LogP contribution in [0.1, 0.15) is 18.4 Å². The van der Waals surface area contributed by atoms with Crippen molar-refractivity contribution >= 4 is 29.2 Å². The fourth-order valence-corrected chi connectivity index (χ4v) is 2.71. The van der Waals surface area contributed by atoms with Gasteiger partial charge < -0.3 is 10.1 Å². The minimum Gasteiger partial charge on any atom is -0.455 e. The number of esters is 1. The van der Waals surface area contributed by atoms with E-state index in [9.17, 15) is 22.8 Å². The summed E-state index contributed by atoms with van der Waals surface area (Å²) in [5, 5.41) is 2.57. The molecule has 2 aromatic carbocycles. The highest BCUT2D eigenvalue weighted by Gasteiger charge is 2.52. The molecular weight excluding hydrogens is 371 g/mol. The summed E-state index contributed by atoms with van der Waals surface area (Å²) >= 11 is 5.83. The molecule has 2 aromatic rings. The number of amides is 1. The van der Waals surface area contributed by atoms with Crippen molar-refractivity contribution in [2.75, 3.05) is 11.9 Å². The molecular formula is C18H13ClF3NO3. The lowest BCUT2D eigenvalue weighted by molar-refractivity contribution is -0.150. The van der Waals surface area contributed by atoms with Crippen LogP contribution in [0.5, 0.6) is 0 Å². The Kier molecular flexibility index (Phi) is 4.91. The molecule has 4 nitrogen and oxygen atoms in total. The summed E-state index contributed by atoms with van der Waals surface area (Å²) in [5.74, 6) is -6.04. The van der Waals surface area contributed by atoms with E-state index < -0.39 is 47.0 Å². The van der Waals surface area contributed by atoms with Gasteiger partial charge in [0.25, 0.3) is 5.91 Å². The minimum atomic E-state index is -1.69. The van der Waals surface area contributed by atoms with Crippen molar-refractivity contribution in [3.8, 4) is 0 Å². The Morgan fingerprint density at radius 2 is 1.69 bits per heavy atom. The normalized spacial score (nSPS) is 14.6. The van der Waals surface area contributed by atoms with Crippen molar-refractivity contribution < 1.29 is 27.5 Å². The number of nitrogens with one attached hydrogen (secondary N) is 1. The molecule has 8 heteroatoms. The number of benzene rings is 2. The third-order valence-corrected chi connectivity index (χ3v) is 4.43. The average Bonchev–Trinajstić information content (AvgIpc) is 3.43. The van der Waals surface area contributed by atoms with E-state index >= 15 is 0 Å². The third kappa shape index (κ3) is 3.53. The number of anilines is 1. The van der Waals surface area contributed by atoms with Gasteiger partial charge in [-0.1, -0.05) is 23.7 Å². The van der Waals surface area contributed by atoms with Gasteiger partial charge in [-0.25, -0.2) is 13.2 Å². The Balaban J connectivity index is 1.60. The van der Waals surface area contributed by atoms with Gasteiger partial charge in [-0.15, -0.1) is 0 Å². The van der Waals surface area contributed by atoms with Gasteiger partial charge in [-0.2, -0.15) is 0 Å². The van der Waals surface area contributed by atoms with Gasteiger partial charge in [0.1, 0.15) is 0 Å². The molecule has 1 fully saturated rings. The van der Waals surface area contributed by atoms with Crippen LogP contribution < -0.4 is 5.32 Å². The molecule has 0 aromatic heterocycles. The first kappa shape index (κ1) is 18.3. The van der Waals surface area contributed by atoms with E-state index in [1.807, 2.05) is 5.32 Å². The minimum absolute atomic E-state index is 0.533. The first-order chi connectivity index (χ1) is 12.3. The molecule has 0 spiro atoms. The summed E-state index contributed by atoms with van der Waals surface area (Å²) in [7, 11) is 0. The van der Waals surface area contributed by atoms with Crippen LogP contribution in [-0.2, 0) is 19.7 Å². The standard InChI is InChI=1S/C18H13ClF3NO3/c19-11-3-1-10(2-4-11)18(7-8-18)17(25)26-9-14(24)23-13-6-5-12(20)15(21)16(13)22/h1-6H,7-9H2,(H,23,24). The van der Waals surface area contributed by atoms with Crippen molar-refractivity contribution in [2.45, 2.75) is 18.3 Å². The Hall–Kier alpha value is -2.54. The fraction of sp³-hybridized carbons (Fsp3) is 0.222. The second kappa shape index (κ2) is 6.99. The molecule has 0 aliphatic heterocycles. The topological polar surface area (TPSA) is 55.4 Å². The molecule has 1 amide bonds. The Morgan fingerprint density at radius 3 is 2.31 bits per heavy atom. The van der Waals surface area contributed by atoms with Crippen molar-refractivity contribution in [3.63, 3.8) is 0 Å². The third-order valence-electron chi connectivity index (χ3n) is 4.18. The SMILES string of the molecule is O=C(COC(=O)C1(c2ccc(Cl)cc2)CC1)Nc1ccc(F)c(F)c1F. The smallest absolute Gasteiger partial charge is 0.317 e. The van der Waals surface area contributed by atoms with Crippen LogP contribution in [-0.4, -0.2) is 18.5 Å². The number of halogens is 4. The summed E-state index contributed by atoms with van der Waals surface area (Å²) in [6, 6.07) is 8.30. The van der Waals surface area contributed by atoms with E-state index in [0.717, 1.165) is 11.6 Å². The van der Waals surface area contributed by atoms with Crippen molar-refractivity contribution in [1.29, 1.82) is 0 Å². The van der Waals surface area contributed by atoms with Crippen LogP contribution in [0.25, 0.3) is 0 Å². The molecule has 0 atom stereocenters. The number of ether oxygens (including phenoxy) is 1. The zero-order valence-corrected chi connectivity index (χ0v) is 14.1. The maximum Gasteiger partial charge on any atom is 0.317 e. The quantitative estimate of drug-likeness (QED) is 0.628. The molecule has 0 bridgehead atoms. The second-order valence-electron chi connectivity index (χ2n) is 5.94. The second-order valence-corrected chi connectivity index (χ2v) is 6.37. The van der Waals surface area contributed by atoms with Crippen LogP contribution in [0, 0.1) is 17.5 Å². The molecule has 0 saturated heterocycles. The zero-order chi connectivity index (χ0) is 18.9. The molecule has 136 valence electrons. The van der Waals surface area contributed by atoms with Gasteiger partial charge in [0, 0.05) is 5.02 Å². The highest BCUT2D eigenvalue weighted by Crippen LogP contribution is 2.49. The van der Waals surface area contributed by atoms with Crippen LogP contribution in [0.2, 0.25) is 5.02 Å². The lowest BCUT2D eigenvalue weighted by Crippen LogP contribution is -2.28. The molecule has 0 heterocycles. The molecule has 1 saturated carbocycles. The lowest BCUT2D eigenvalue weighted by Gasteiger charge is -2.15. The largest absolute Gasteiger partial charge is 0.455 e. The van der Waals surface area contributed by atoms with Crippen LogP contribution >= 0.6 is 11.6 Å². The van der Waals surface area contributed by atoms with Gasteiger partial charge in [-0.3, -0.25) is 9.59 Å². The predicted octanol–water partition coefficient (Wildman–Crippen LogP) is 3.97.